The van der Waals surface area contributed by atoms with Crippen LogP contribution in [0.15, 0.2) is 22.7 Å². The number of primary amides is 1. The maximum Gasteiger partial charge on any atom is 0.254 e. The van der Waals surface area contributed by atoms with Crippen LogP contribution in [0.2, 0.25) is 0 Å². The smallest absolute Gasteiger partial charge is 0.254 e. The lowest BCUT2D eigenvalue weighted by Crippen LogP contribution is -2.38. The molecule has 2 N–H and O–H groups in total. The summed E-state index contributed by atoms with van der Waals surface area (Å²) in [6.45, 7) is 4.07. The first kappa shape index (κ1) is 13.7. The first-order chi connectivity index (χ1) is 7.95. The molecule has 0 heterocycles. The molecule has 0 aromatic heterocycles. The lowest BCUT2D eigenvalue weighted by molar-refractivity contribution is -0.118. The van der Waals surface area contributed by atoms with Crippen molar-refractivity contribution in [2.75, 3.05) is 13.1 Å². The third-order valence-electron chi connectivity index (χ3n) is 2.45. The monoisotopic (exact) mass is 298 g/mol. The lowest BCUT2D eigenvalue weighted by atomic mass is 10.1. The van der Waals surface area contributed by atoms with Gasteiger partial charge in [-0.15, -0.1) is 0 Å². The molecular weight excluding hydrogens is 284 g/mol. The molecular formula is C12H15BrN2O2. The second-order valence-electron chi connectivity index (χ2n) is 3.74. The van der Waals surface area contributed by atoms with Gasteiger partial charge in [-0.05, 0) is 31.5 Å². The van der Waals surface area contributed by atoms with Crippen molar-refractivity contribution in [3.05, 3.63) is 33.8 Å². The van der Waals surface area contributed by atoms with Crippen molar-refractivity contribution in [1.82, 2.24) is 4.90 Å². The molecule has 0 saturated carbocycles. The van der Waals surface area contributed by atoms with Gasteiger partial charge in [0.05, 0.1) is 6.54 Å². The van der Waals surface area contributed by atoms with E-state index in [1.807, 2.05) is 26.0 Å². The SMILES string of the molecule is CCN(CC(N)=O)C(=O)c1cc(Br)ccc1C. The summed E-state index contributed by atoms with van der Waals surface area (Å²) < 4.78 is 0.835. The first-order valence-electron chi connectivity index (χ1n) is 5.29. The highest BCUT2D eigenvalue weighted by molar-refractivity contribution is 9.10. The van der Waals surface area contributed by atoms with Gasteiger partial charge in [0.2, 0.25) is 5.91 Å². The van der Waals surface area contributed by atoms with Gasteiger partial charge in [0.15, 0.2) is 0 Å². The van der Waals surface area contributed by atoms with Gasteiger partial charge in [-0.25, -0.2) is 0 Å². The predicted octanol–water partition coefficient (Wildman–Crippen LogP) is 1.70. The highest BCUT2D eigenvalue weighted by Gasteiger charge is 2.17. The number of halogens is 1. The third kappa shape index (κ3) is 3.56. The molecule has 1 rings (SSSR count). The zero-order chi connectivity index (χ0) is 13.0. The molecule has 5 heteroatoms. The first-order valence-corrected chi connectivity index (χ1v) is 6.08. The van der Waals surface area contributed by atoms with Crippen LogP contribution in [0.25, 0.3) is 0 Å². The Morgan fingerprint density at radius 2 is 2.06 bits per heavy atom. The number of benzene rings is 1. The van der Waals surface area contributed by atoms with E-state index >= 15 is 0 Å². The van der Waals surface area contributed by atoms with Gasteiger partial charge in [-0.3, -0.25) is 9.59 Å². The molecule has 0 bridgehead atoms. The summed E-state index contributed by atoms with van der Waals surface area (Å²) in [5.74, 6) is -0.682. The summed E-state index contributed by atoms with van der Waals surface area (Å²) in [6.07, 6.45) is 0. The third-order valence-corrected chi connectivity index (χ3v) is 2.94. The minimum absolute atomic E-state index is 0.0543. The maximum absolute atomic E-state index is 12.2. The molecule has 1 aromatic rings. The Hall–Kier alpha value is -1.36. The van der Waals surface area contributed by atoms with Crippen molar-refractivity contribution < 1.29 is 9.59 Å². The topological polar surface area (TPSA) is 63.4 Å². The summed E-state index contributed by atoms with van der Waals surface area (Å²) in [5.41, 5.74) is 6.57. The van der Waals surface area contributed by atoms with E-state index in [1.54, 1.807) is 6.07 Å². The molecule has 17 heavy (non-hydrogen) atoms. The average Bonchev–Trinajstić information content (AvgIpc) is 2.28. The van der Waals surface area contributed by atoms with Crippen LogP contribution in [0.1, 0.15) is 22.8 Å². The van der Waals surface area contributed by atoms with Crippen LogP contribution >= 0.6 is 15.9 Å². The van der Waals surface area contributed by atoms with E-state index < -0.39 is 5.91 Å². The summed E-state index contributed by atoms with van der Waals surface area (Å²) in [6, 6.07) is 5.48. The lowest BCUT2D eigenvalue weighted by Gasteiger charge is -2.20. The quantitative estimate of drug-likeness (QED) is 0.920. The Bertz CT molecular complexity index is 446. The second-order valence-corrected chi connectivity index (χ2v) is 4.66. The van der Waals surface area contributed by atoms with Crippen molar-refractivity contribution in [2.45, 2.75) is 13.8 Å². The van der Waals surface area contributed by atoms with E-state index in [1.165, 1.54) is 4.90 Å². The molecule has 0 saturated heterocycles. The number of carbonyl (C=O) groups excluding carboxylic acids is 2. The van der Waals surface area contributed by atoms with Crippen LogP contribution in [0, 0.1) is 6.92 Å². The van der Waals surface area contributed by atoms with Gasteiger partial charge < -0.3 is 10.6 Å². The molecule has 2 amide bonds. The number of nitrogens with zero attached hydrogens (tertiary/aromatic N) is 1. The van der Waals surface area contributed by atoms with Gasteiger partial charge >= 0.3 is 0 Å². The normalized spacial score (nSPS) is 10.1. The number of amides is 2. The highest BCUT2D eigenvalue weighted by Crippen LogP contribution is 2.17. The summed E-state index contributed by atoms with van der Waals surface area (Å²) in [5, 5.41) is 0. The highest BCUT2D eigenvalue weighted by atomic mass is 79.9. The fourth-order valence-corrected chi connectivity index (χ4v) is 1.87. The number of hydrogen-bond acceptors (Lipinski definition) is 2. The van der Waals surface area contributed by atoms with Crippen LogP contribution in [0.3, 0.4) is 0 Å². The molecule has 0 aliphatic heterocycles. The second kappa shape index (κ2) is 5.82. The van der Waals surface area contributed by atoms with Gasteiger partial charge in [0, 0.05) is 16.6 Å². The molecule has 0 atom stereocenters. The Labute approximate surface area is 109 Å². The van der Waals surface area contributed by atoms with Crippen LogP contribution in [-0.4, -0.2) is 29.8 Å². The average molecular weight is 299 g/mol. The zero-order valence-corrected chi connectivity index (χ0v) is 11.5. The molecule has 0 spiro atoms. The van der Waals surface area contributed by atoms with E-state index in [-0.39, 0.29) is 12.5 Å². The predicted molar refractivity (Wildman–Crippen MR) is 69.7 cm³/mol. The molecule has 0 radical (unpaired) electrons. The van der Waals surface area contributed by atoms with Gasteiger partial charge in [-0.1, -0.05) is 22.0 Å². The largest absolute Gasteiger partial charge is 0.368 e. The van der Waals surface area contributed by atoms with E-state index in [2.05, 4.69) is 15.9 Å². The van der Waals surface area contributed by atoms with Crippen LogP contribution in [-0.2, 0) is 4.79 Å². The molecule has 4 nitrogen and oxygen atoms in total. The number of rotatable bonds is 4. The van der Waals surface area contributed by atoms with E-state index in [0.29, 0.717) is 12.1 Å². The molecule has 92 valence electrons. The fourth-order valence-electron chi connectivity index (χ4n) is 1.51. The van der Waals surface area contributed by atoms with Crippen molar-refractivity contribution in [1.29, 1.82) is 0 Å². The van der Waals surface area contributed by atoms with E-state index in [4.69, 9.17) is 5.73 Å². The fraction of sp³-hybridized carbons (Fsp3) is 0.333. The Morgan fingerprint density at radius 3 is 2.59 bits per heavy atom. The Kier molecular flexibility index (Phi) is 4.69. The van der Waals surface area contributed by atoms with Gasteiger partial charge in [0.1, 0.15) is 0 Å². The molecule has 0 aliphatic rings. The van der Waals surface area contributed by atoms with Crippen molar-refractivity contribution in [2.24, 2.45) is 5.73 Å². The van der Waals surface area contributed by atoms with Crippen LogP contribution in [0.5, 0.6) is 0 Å². The van der Waals surface area contributed by atoms with E-state index in [9.17, 15) is 9.59 Å². The Balaban J connectivity index is 3.01. The Morgan fingerprint density at radius 1 is 1.41 bits per heavy atom. The maximum atomic E-state index is 12.2. The molecule has 0 fully saturated rings. The summed E-state index contributed by atoms with van der Waals surface area (Å²) >= 11 is 3.32. The molecule has 0 unspecified atom stereocenters. The summed E-state index contributed by atoms with van der Waals surface area (Å²) in [4.78, 5) is 24.5. The van der Waals surface area contributed by atoms with Crippen molar-refractivity contribution in [3.8, 4) is 0 Å². The number of nitrogens with two attached hydrogens (primary N) is 1. The van der Waals surface area contributed by atoms with Crippen molar-refractivity contribution in [3.63, 3.8) is 0 Å². The van der Waals surface area contributed by atoms with Gasteiger partial charge in [-0.2, -0.15) is 0 Å². The molecule has 0 aliphatic carbocycles. The van der Waals surface area contributed by atoms with Crippen molar-refractivity contribution >= 4 is 27.7 Å². The van der Waals surface area contributed by atoms with Crippen LogP contribution in [0.4, 0.5) is 0 Å². The van der Waals surface area contributed by atoms with E-state index in [0.717, 1.165) is 10.0 Å². The number of carbonyl (C=O) groups is 2. The minimum Gasteiger partial charge on any atom is -0.368 e. The number of likely N-dealkylation sites (N-methyl/N-ethyl adjacent to an activating group) is 1. The van der Waals surface area contributed by atoms with Crippen LogP contribution < -0.4 is 5.73 Å². The standard InChI is InChI=1S/C12H15BrN2O2/c1-3-15(7-11(14)16)12(17)10-6-9(13)5-4-8(10)2/h4-6H,3,7H2,1-2H3,(H2,14,16). The minimum atomic E-state index is -0.507. The van der Waals surface area contributed by atoms with Gasteiger partial charge in [0.25, 0.3) is 5.91 Å². The zero-order valence-electron chi connectivity index (χ0n) is 9.87. The summed E-state index contributed by atoms with van der Waals surface area (Å²) in [7, 11) is 0. The molecule has 1 aromatic carbocycles. The number of aryl methyl sites for hydroxylation is 1. The number of hydrogen-bond donors (Lipinski definition) is 1.